The van der Waals surface area contributed by atoms with Gasteiger partial charge in [-0.2, -0.15) is 0 Å². The number of carbonyl (C=O) groups excluding carboxylic acids is 2. The third-order valence-electron chi connectivity index (χ3n) is 3.19. The van der Waals surface area contributed by atoms with Gasteiger partial charge in [-0.05, 0) is 41.5 Å². The summed E-state index contributed by atoms with van der Waals surface area (Å²) in [6.07, 6.45) is -0.607. The van der Waals surface area contributed by atoms with Crippen molar-refractivity contribution in [2.75, 3.05) is 59.4 Å². The fraction of sp³-hybridized carbons (Fsp3) is 0.909. The van der Waals surface area contributed by atoms with Crippen LogP contribution in [-0.2, 0) is 60.7 Å². The van der Waals surface area contributed by atoms with Crippen LogP contribution < -0.4 is 0 Å². The fourth-order valence-corrected chi connectivity index (χ4v) is 5.44. The zero-order chi connectivity index (χ0) is 28.9. The van der Waals surface area contributed by atoms with Crippen LogP contribution in [0.2, 0.25) is 0 Å². The van der Waals surface area contributed by atoms with Crippen molar-refractivity contribution in [2.45, 2.75) is 73.7 Å². The number of carbonyl (C=O) groups is 2. The van der Waals surface area contributed by atoms with E-state index in [0.29, 0.717) is 0 Å². The average Bonchev–Trinajstić information content (AvgIpc) is 2.70. The standard InChI is InChI=1S/C12H25O7P.C10H21O6P/c1-10(2)18-20(14,19-11(3)4)9-16-7-6-15-8-17-12(5)13;1-9(2)16-17(4,12)8-14-6-5-13-7-15-10(3)11/h10-11H,6-9H2,1-5H3;9H,5-8H2,1-4H3. The van der Waals surface area contributed by atoms with Gasteiger partial charge in [0, 0.05) is 20.5 Å². The maximum Gasteiger partial charge on any atom is 0.356 e. The number of rotatable bonds is 20. The van der Waals surface area contributed by atoms with Crippen LogP contribution >= 0.6 is 15.0 Å². The first-order valence-electron chi connectivity index (χ1n) is 11.9. The molecular weight excluding hydrogens is 534 g/mol. The molecule has 0 saturated heterocycles. The second-order valence-corrected chi connectivity index (χ2v) is 12.9. The van der Waals surface area contributed by atoms with Crippen molar-refractivity contribution in [2.24, 2.45) is 0 Å². The predicted molar refractivity (Wildman–Crippen MR) is 137 cm³/mol. The molecule has 0 bridgehead atoms. The van der Waals surface area contributed by atoms with Crippen LogP contribution in [0.25, 0.3) is 0 Å². The quantitative estimate of drug-likeness (QED) is 0.0868. The van der Waals surface area contributed by atoms with E-state index in [1.165, 1.54) is 20.5 Å². The number of hydrogen-bond acceptors (Lipinski definition) is 13. The van der Waals surface area contributed by atoms with Crippen molar-refractivity contribution in [3.8, 4) is 0 Å². The first-order valence-corrected chi connectivity index (χ1v) is 15.9. The van der Waals surface area contributed by atoms with Crippen LogP contribution in [-0.4, -0.2) is 89.6 Å². The summed E-state index contributed by atoms with van der Waals surface area (Å²) in [5.74, 6) is -0.805. The number of esters is 2. The fourth-order valence-electron chi connectivity index (χ4n) is 2.21. The highest BCUT2D eigenvalue weighted by Gasteiger charge is 2.28. The Morgan fingerprint density at radius 1 is 0.595 bits per heavy atom. The van der Waals surface area contributed by atoms with Gasteiger partial charge in [0.15, 0.2) is 13.6 Å². The van der Waals surface area contributed by atoms with Gasteiger partial charge in [-0.3, -0.25) is 18.7 Å². The molecule has 0 spiro atoms. The van der Waals surface area contributed by atoms with Crippen molar-refractivity contribution in [1.29, 1.82) is 0 Å². The van der Waals surface area contributed by atoms with Crippen molar-refractivity contribution in [3.63, 3.8) is 0 Å². The summed E-state index contributed by atoms with van der Waals surface area (Å²) in [7, 11) is -5.95. The molecule has 0 aliphatic rings. The predicted octanol–water partition coefficient (Wildman–Crippen LogP) is 4.37. The molecule has 0 rings (SSSR count). The molecule has 13 nitrogen and oxygen atoms in total. The lowest BCUT2D eigenvalue weighted by molar-refractivity contribution is -0.155. The molecule has 0 aliphatic heterocycles. The molecule has 37 heavy (non-hydrogen) atoms. The molecule has 0 fully saturated rings. The zero-order valence-corrected chi connectivity index (χ0v) is 25.4. The molecule has 0 heterocycles. The average molecular weight is 581 g/mol. The summed E-state index contributed by atoms with van der Waals surface area (Å²) in [6, 6.07) is 0. The third kappa shape index (κ3) is 29.5. The lowest BCUT2D eigenvalue weighted by atomic mass is 10.5. The van der Waals surface area contributed by atoms with E-state index < -0.39 is 26.9 Å². The van der Waals surface area contributed by atoms with Crippen LogP contribution in [0.5, 0.6) is 0 Å². The lowest BCUT2D eigenvalue weighted by Gasteiger charge is -2.22. The van der Waals surface area contributed by atoms with E-state index in [-0.39, 0.29) is 71.0 Å². The molecule has 15 heteroatoms. The van der Waals surface area contributed by atoms with Gasteiger partial charge in [0.1, 0.15) is 12.7 Å². The zero-order valence-electron chi connectivity index (χ0n) is 23.6. The Morgan fingerprint density at radius 2 is 0.946 bits per heavy atom. The van der Waals surface area contributed by atoms with Crippen molar-refractivity contribution >= 4 is 26.9 Å². The van der Waals surface area contributed by atoms with E-state index in [4.69, 9.17) is 32.5 Å². The highest BCUT2D eigenvalue weighted by molar-refractivity contribution is 7.57. The van der Waals surface area contributed by atoms with Gasteiger partial charge in [0.25, 0.3) is 0 Å². The highest BCUT2D eigenvalue weighted by Crippen LogP contribution is 2.50. The SMILES string of the molecule is CC(=O)OCOCCOCP(=O)(OC(C)C)OC(C)C.CC(=O)OCOCCOCP(C)(=O)OC(C)C. The van der Waals surface area contributed by atoms with E-state index in [1.807, 2.05) is 13.8 Å². The first kappa shape index (κ1) is 38.3. The molecule has 1 unspecified atom stereocenters. The Balaban J connectivity index is 0. The number of hydrogen-bond donors (Lipinski definition) is 0. The Morgan fingerprint density at radius 3 is 1.30 bits per heavy atom. The molecule has 0 saturated carbocycles. The van der Waals surface area contributed by atoms with Gasteiger partial charge >= 0.3 is 19.5 Å². The summed E-state index contributed by atoms with van der Waals surface area (Å²) in [5.41, 5.74) is 0. The monoisotopic (exact) mass is 580 g/mol. The van der Waals surface area contributed by atoms with Crippen LogP contribution in [0, 0.1) is 0 Å². The van der Waals surface area contributed by atoms with Gasteiger partial charge in [0.2, 0.25) is 7.37 Å². The molecule has 0 N–H and O–H groups in total. The normalized spacial score (nSPS) is 13.3. The third-order valence-corrected chi connectivity index (χ3v) is 6.69. The van der Waals surface area contributed by atoms with E-state index in [2.05, 4.69) is 9.47 Å². The minimum absolute atomic E-state index is 0.0576. The van der Waals surface area contributed by atoms with Crippen LogP contribution in [0.1, 0.15) is 55.4 Å². The lowest BCUT2D eigenvalue weighted by Crippen LogP contribution is -2.14. The second-order valence-electron chi connectivity index (χ2n) is 8.49. The van der Waals surface area contributed by atoms with Crippen molar-refractivity contribution < 1.29 is 60.7 Å². The molecule has 0 radical (unpaired) electrons. The largest absolute Gasteiger partial charge is 0.439 e. The number of ether oxygens (including phenoxy) is 6. The van der Waals surface area contributed by atoms with Gasteiger partial charge in [-0.25, -0.2) is 0 Å². The topological polar surface area (TPSA) is 151 Å². The van der Waals surface area contributed by atoms with Crippen molar-refractivity contribution in [1.82, 2.24) is 0 Å². The maximum absolute atomic E-state index is 12.3. The molecular formula is C22H46O13P2. The molecule has 222 valence electrons. The summed E-state index contributed by atoms with van der Waals surface area (Å²) < 4.78 is 69.3. The summed E-state index contributed by atoms with van der Waals surface area (Å²) >= 11 is 0. The van der Waals surface area contributed by atoms with Crippen LogP contribution in [0.15, 0.2) is 0 Å². The molecule has 1 atom stereocenters. The van der Waals surface area contributed by atoms with E-state index in [0.717, 1.165) is 0 Å². The molecule has 0 amide bonds. The maximum atomic E-state index is 12.3. The van der Waals surface area contributed by atoms with Gasteiger partial charge in [-0.1, -0.05) is 0 Å². The van der Waals surface area contributed by atoms with E-state index in [1.54, 1.807) is 27.7 Å². The van der Waals surface area contributed by atoms with E-state index >= 15 is 0 Å². The summed E-state index contributed by atoms with van der Waals surface area (Å²) in [6.45, 7) is 15.6. The van der Waals surface area contributed by atoms with Crippen molar-refractivity contribution in [3.05, 3.63) is 0 Å². The molecule has 0 aromatic rings. The molecule has 0 aliphatic carbocycles. The Hall–Kier alpha value is -0.880. The minimum atomic E-state index is -3.27. The van der Waals surface area contributed by atoms with Crippen LogP contribution in [0.4, 0.5) is 0 Å². The first-order chi connectivity index (χ1) is 17.1. The second kappa shape index (κ2) is 22.0. The minimum Gasteiger partial charge on any atom is -0.439 e. The highest BCUT2D eigenvalue weighted by atomic mass is 31.2. The van der Waals surface area contributed by atoms with Crippen LogP contribution in [0.3, 0.4) is 0 Å². The van der Waals surface area contributed by atoms with Gasteiger partial charge in [0.05, 0.1) is 44.7 Å². The van der Waals surface area contributed by atoms with Gasteiger partial charge < -0.3 is 42.0 Å². The molecule has 0 aromatic heterocycles. The Kier molecular flexibility index (Phi) is 22.7. The van der Waals surface area contributed by atoms with Gasteiger partial charge in [-0.15, -0.1) is 0 Å². The summed E-state index contributed by atoms with van der Waals surface area (Å²) in [5, 5.41) is 0. The smallest absolute Gasteiger partial charge is 0.356 e. The Labute approximate surface area is 221 Å². The summed E-state index contributed by atoms with van der Waals surface area (Å²) in [4.78, 5) is 20.8. The Bertz CT molecular complexity index is 684. The molecule has 0 aromatic carbocycles. The van der Waals surface area contributed by atoms with E-state index in [9.17, 15) is 18.7 Å².